The number of benzene rings is 3. The Kier molecular flexibility index (Phi) is 7.43. The molecule has 1 heterocycles. The topological polar surface area (TPSA) is 82.0 Å². The van der Waals surface area contributed by atoms with Crippen molar-refractivity contribution in [3.63, 3.8) is 0 Å². The molecule has 1 N–H and O–H groups in total. The summed E-state index contributed by atoms with van der Waals surface area (Å²) in [6.07, 6.45) is 1.63. The Bertz CT molecular complexity index is 1430. The lowest BCUT2D eigenvalue weighted by Crippen LogP contribution is -2.18. The van der Waals surface area contributed by atoms with E-state index in [9.17, 15) is 4.79 Å². The number of ether oxygens (including phenoxy) is 3. The molecule has 4 aromatic rings. The fourth-order valence-corrected chi connectivity index (χ4v) is 4.03. The maximum absolute atomic E-state index is 13.2. The van der Waals surface area contributed by atoms with Crippen LogP contribution >= 0.6 is 0 Å². The zero-order valence-electron chi connectivity index (χ0n) is 22.0. The highest BCUT2D eigenvalue weighted by molar-refractivity contribution is 6.07. The van der Waals surface area contributed by atoms with Crippen molar-refractivity contribution >= 4 is 23.0 Å². The van der Waals surface area contributed by atoms with E-state index in [0.717, 1.165) is 16.5 Å². The summed E-state index contributed by atoms with van der Waals surface area (Å²) in [7, 11) is 4.67. The number of nitrogens with one attached hydrogen (secondary N) is 1. The van der Waals surface area contributed by atoms with Gasteiger partial charge in [-0.3, -0.25) is 4.79 Å². The quantitative estimate of drug-likeness (QED) is 0.251. The number of aromatic nitrogens is 1. The summed E-state index contributed by atoms with van der Waals surface area (Å²) in [6.45, 7) is 6.51. The van der Waals surface area contributed by atoms with Gasteiger partial charge in [-0.15, -0.1) is 0 Å². The van der Waals surface area contributed by atoms with Crippen LogP contribution < -0.4 is 19.6 Å². The summed E-state index contributed by atoms with van der Waals surface area (Å²) in [4.78, 5) is 18.0. The SMILES string of the molecule is COc1cc(-c2cc(C(=O)NN=Cc3ccc(C(C)(C)C)cc3)c3ccccc3n2)cc(OC)c1OC. The first-order chi connectivity index (χ1) is 17.7. The number of fused-ring (bicyclic) bond motifs is 1. The minimum absolute atomic E-state index is 0.0713. The third-order valence-electron chi connectivity index (χ3n) is 6.08. The van der Waals surface area contributed by atoms with E-state index in [4.69, 9.17) is 19.2 Å². The molecule has 0 spiro atoms. The summed E-state index contributed by atoms with van der Waals surface area (Å²) < 4.78 is 16.4. The molecule has 0 saturated heterocycles. The van der Waals surface area contributed by atoms with Crippen LogP contribution in [0.2, 0.25) is 0 Å². The Hall–Kier alpha value is -4.39. The van der Waals surface area contributed by atoms with Crippen molar-refractivity contribution in [2.45, 2.75) is 26.2 Å². The molecule has 0 bridgehead atoms. The molecular weight excluding hydrogens is 466 g/mol. The molecule has 0 fully saturated rings. The van der Waals surface area contributed by atoms with Crippen LogP contribution in [-0.2, 0) is 5.41 Å². The predicted molar refractivity (Wildman–Crippen MR) is 147 cm³/mol. The second-order valence-corrected chi connectivity index (χ2v) is 9.56. The Balaban J connectivity index is 1.67. The Morgan fingerprint density at radius 3 is 2.14 bits per heavy atom. The van der Waals surface area contributed by atoms with Crippen LogP contribution in [0.1, 0.15) is 42.3 Å². The third kappa shape index (κ3) is 5.56. The largest absolute Gasteiger partial charge is 0.493 e. The second-order valence-electron chi connectivity index (χ2n) is 9.56. The number of para-hydroxylation sites is 1. The number of carbonyl (C=O) groups is 1. The first-order valence-corrected chi connectivity index (χ1v) is 11.9. The molecule has 0 radical (unpaired) electrons. The molecule has 0 atom stereocenters. The van der Waals surface area contributed by atoms with E-state index in [1.54, 1.807) is 45.7 Å². The summed E-state index contributed by atoms with van der Waals surface area (Å²) in [5.41, 5.74) is 7.30. The standard InChI is InChI=1S/C30H31N3O4/c1-30(2,3)21-13-11-19(12-14-21)18-31-33-29(34)23-17-25(32-24-10-8-7-9-22(23)24)20-15-26(35-4)28(37-6)27(16-20)36-5/h7-18H,1-6H3,(H,33,34). The molecule has 0 aliphatic heterocycles. The fourth-order valence-electron chi connectivity index (χ4n) is 4.03. The third-order valence-corrected chi connectivity index (χ3v) is 6.08. The molecule has 1 amide bonds. The van der Waals surface area contributed by atoms with E-state index in [1.165, 1.54) is 5.56 Å². The molecule has 37 heavy (non-hydrogen) atoms. The number of methoxy groups -OCH3 is 3. The van der Waals surface area contributed by atoms with Crippen LogP contribution in [-0.4, -0.2) is 38.4 Å². The van der Waals surface area contributed by atoms with Gasteiger partial charge >= 0.3 is 0 Å². The molecule has 4 rings (SSSR count). The minimum atomic E-state index is -0.338. The van der Waals surface area contributed by atoms with Crippen LogP contribution in [0.25, 0.3) is 22.2 Å². The summed E-state index contributed by atoms with van der Waals surface area (Å²) in [5.74, 6) is 1.15. The average molecular weight is 498 g/mol. The summed E-state index contributed by atoms with van der Waals surface area (Å²) >= 11 is 0. The minimum Gasteiger partial charge on any atom is -0.493 e. The van der Waals surface area contributed by atoms with E-state index < -0.39 is 0 Å². The molecular formula is C30H31N3O4. The van der Waals surface area contributed by atoms with Gasteiger partial charge in [0.2, 0.25) is 5.75 Å². The number of hydrogen-bond donors (Lipinski definition) is 1. The van der Waals surface area contributed by atoms with Crippen LogP contribution in [0.4, 0.5) is 0 Å². The van der Waals surface area contributed by atoms with Gasteiger partial charge in [-0.25, -0.2) is 10.4 Å². The second kappa shape index (κ2) is 10.7. The Morgan fingerprint density at radius 1 is 0.892 bits per heavy atom. The van der Waals surface area contributed by atoms with Crippen LogP contribution in [0.15, 0.2) is 71.8 Å². The van der Waals surface area contributed by atoms with Crippen molar-refractivity contribution in [1.29, 1.82) is 0 Å². The lowest BCUT2D eigenvalue weighted by Gasteiger charge is -2.18. The molecule has 0 aliphatic rings. The normalized spacial score (nSPS) is 11.5. The van der Waals surface area contributed by atoms with E-state index in [1.807, 2.05) is 36.4 Å². The monoisotopic (exact) mass is 497 g/mol. The van der Waals surface area contributed by atoms with Gasteiger partial charge in [0, 0.05) is 10.9 Å². The average Bonchev–Trinajstić information content (AvgIpc) is 2.91. The molecule has 190 valence electrons. The van der Waals surface area contributed by atoms with Gasteiger partial charge in [-0.05, 0) is 40.8 Å². The molecule has 7 nitrogen and oxygen atoms in total. The van der Waals surface area contributed by atoms with Crippen molar-refractivity contribution < 1.29 is 19.0 Å². The smallest absolute Gasteiger partial charge is 0.272 e. The highest BCUT2D eigenvalue weighted by Crippen LogP contribution is 2.41. The van der Waals surface area contributed by atoms with Crippen molar-refractivity contribution in [2.24, 2.45) is 5.10 Å². The number of rotatable bonds is 7. The maximum Gasteiger partial charge on any atom is 0.272 e. The number of hydrogen-bond acceptors (Lipinski definition) is 6. The van der Waals surface area contributed by atoms with Crippen molar-refractivity contribution in [3.05, 3.63) is 83.4 Å². The summed E-state index contributed by atoms with van der Waals surface area (Å²) in [5, 5.41) is 4.92. The van der Waals surface area contributed by atoms with Gasteiger partial charge in [0.1, 0.15) is 0 Å². The number of hydrazone groups is 1. The van der Waals surface area contributed by atoms with Crippen LogP contribution in [0.5, 0.6) is 17.2 Å². The first-order valence-electron chi connectivity index (χ1n) is 11.9. The maximum atomic E-state index is 13.2. The van der Waals surface area contributed by atoms with Crippen LogP contribution in [0.3, 0.4) is 0 Å². The Labute approximate surface area is 217 Å². The van der Waals surface area contributed by atoms with E-state index in [2.05, 4.69) is 43.4 Å². The number of carbonyl (C=O) groups excluding carboxylic acids is 1. The highest BCUT2D eigenvalue weighted by atomic mass is 16.5. The van der Waals surface area contributed by atoms with Crippen molar-refractivity contribution in [1.82, 2.24) is 10.4 Å². The van der Waals surface area contributed by atoms with Gasteiger partial charge < -0.3 is 14.2 Å². The van der Waals surface area contributed by atoms with E-state index in [-0.39, 0.29) is 11.3 Å². The van der Waals surface area contributed by atoms with Gasteiger partial charge in [0.15, 0.2) is 11.5 Å². The van der Waals surface area contributed by atoms with Crippen molar-refractivity contribution in [3.8, 4) is 28.5 Å². The zero-order valence-corrected chi connectivity index (χ0v) is 22.0. The number of nitrogens with zero attached hydrogens (tertiary/aromatic N) is 2. The molecule has 0 saturated carbocycles. The lowest BCUT2D eigenvalue weighted by atomic mass is 9.87. The highest BCUT2D eigenvalue weighted by Gasteiger charge is 2.18. The van der Waals surface area contributed by atoms with Gasteiger partial charge in [0.25, 0.3) is 5.91 Å². The van der Waals surface area contributed by atoms with E-state index in [0.29, 0.717) is 34.0 Å². The fraction of sp³-hybridized carbons (Fsp3) is 0.233. The zero-order chi connectivity index (χ0) is 26.6. The molecule has 3 aromatic carbocycles. The molecule has 0 aliphatic carbocycles. The van der Waals surface area contributed by atoms with Gasteiger partial charge in [-0.2, -0.15) is 5.10 Å². The van der Waals surface area contributed by atoms with Crippen LogP contribution in [0, 0.1) is 0 Å². The predicted octanol–water partition coefficient (Wildman–Crippen LogP) is 5.99. The van der Waals surface area contributed by atoms with E-state index >= 15 is 0 Å². The first kappa shape index (κ1) is 25.7. The van der Waals surface area contributed by atoms with Gasteiger partial charge in [-0.1, -0.05) is 63.2 Å². The van der Waals surface area contributed by atoms with Gasteiger partial charge in [0.05, 0.1) is 44.3 Å². The molecule has 1 aromatic heterocycles. The number of amides is 1. The lowest BCUT2D eigenvalue weighted by molar-refractivity contribution is 0.0956. The molecule has 0 unspecified atom stereocenters. The molecule has 7 heteroatoms. The number of pyridine rings is 1. The van der Waals surface area contributed by atoms with Crippen molar-refractivity contribution in [2.75, 3.05) is 21.3 Å². The Morgan fingerprint density at radius 2 is 1.54 bits per heavy atom. The summed E-state index contributed by atoms with van der Waals surface area (Å²) in [6, 6.07) is 21.0.